The number of rotatable bonds is 20. The van der Waals surface area contributed by atoms with E-state index >= 15 is 0 Å². The highest BCUT2D eigenvalue weighted by Gasteiger charge is 2.31. The Balaban J connectivity index is 3.08. The zero-order valence-electron chi connectivity index (χ0n) is 28.3. The second kappa shape index (κ2) is 20.1. The Morgan fingerprint density at radius 1 is 0.977 bits per heavy atom. The van der Waals surface area contributed by atoms with Gasteiger partial charge in [-0.15, -0.1) is 0 Å². The van der Waals surface area contributed by atoms with Crippen molar-refractivity contribution in [2.75, 3.05) is 40.5 Å². The molecule has 1 rings (SSSR count). The topological polar surface area (TPSA) is 144 Å². The van der Waals surface area contributed by atoms with Crippen LogP contribution in [0.15, 0.2) is 18.2 Å². The lowest BCUT2D eigenvalue weighted by Crippen LogP contribution is -2.49. The average Bonchev–Trinajstić information content (AvgIpc) is 2.95. The molecule has 44 heavy (non-hydrogen) atoms. The summed E-state index contributed by atoms with van der Waals surface area (Å²) in [4.78, 5) is 38.7. The Morgan fingerprint density at radius 3 is 2.27 bits per heavy atom. The number of ether oxygens (including phenoxy) is 4. The van der Waals surface area contributed by atoms with Crippen molar-refractivity contribution in [3.63, 3.8) is 0 Å². The van der Waals surface area contributed by atoms with E-state index in [1.165, 1.54) is 7.11 Å². The summed E-state index contributed by atoms with van der Waals surface area (Å²) >= 11 is 0. The number of carbonyl (C=O) groups is 3. The summed E-state index contributed by atoms with van der Waals surface area (Å²) in [6.07, 6.45) is 1.33. The fraction of sp³-hybridized carbons (Fsp3) is 0.727. The number of amides is 3. The normalized spacial score (nSPS) is 14.2. The summed E-state index contributed by atoms with van der Waals surface area (Å²) in [5.41, 5.74) is -0.381. The first-order valence-corrected chi connectivity index (χ1v) is 15.8. The Labute approximate surface area is 264 Å². The molecule has 0 saturated carbocycles. The minimum absolute atomic E-state index is 0.0928. The molecule has 252 valence electrons. The van der Waals surface area contributed by atoms with E-state index < -0.39 is 29.8 Å². The first kappa shape index (κ1) is 39.0. The Morgan fingerprint density at radius 2 is 1.68 bits per heavy atom. The molecule has 0 aliphatic rings. The van der Waals surface area contributed by atoms with Gasteiger partial charge in [0.15, 0.2) is 11.5 Å². The zero-order valence-corrected chi connectivity index (χ0v) is 28.3. The maximum absolute atomic E-state index is 13.4. The van der Waals surface area contributed by atoms with Gasteiger partial charge in [0.2, 0.25) is 5.91 Å². The van der Waals surface area contributed by atoms with Gasteiger partial charge in [-0.05, 0) is 64.0 Å². The van der Waals surface area contributed by atoms with E-state index in [0.29, 0.717) is 49.7 Å². The molecule has 4 unspecified atom stereocenters. The van der Waals surface area contributed by atoms with Crippen molar-refractivity contribution in [2.24, 2.45) is 17.8 Å². The monoisotopic (exact) mass is 623 g/mol. The molecule has 0 radical (unpaired) electrons. The lowest BCUT2D eigenvalue weighted by atomic mass is 9.85. The Kier molecular flexibility index (Phi) is 17.8. The smallest absolute Gasteiger partial charge is 0.407 e. The van der Waals surface area contributed by atoms with Crippen molar-refractivity contribution >= 4 is 17.9 Å². The van der Waals surface area contributed by atoms with Crippen molar-refractivity contribution < 1.29 is 38.4 Å². The van der Waals surface area contributed by atoms with E-state index in [-0.39, 0.29) is 36.6 Å². The van der Waals surface area contributed by atoms with Crippen molar-refractivity contribution in [3.8, 4) is 11.5 Å². The minimum Gasteiger partial charge on any atom is -0.493 e. The molecular weight excluding hydrogens is 566 g/mol. The predicted molar refractivity (Wildman–Crippen MR) is 171 cm³/mol. The maximum atomic E-state index is 13.4. The fourth-order valence-corrected chi connectivity index (χ4v) is 4.59. The van der Waals surface area contributed by atoms with E-state index in [1.54, 1.807) is 53.0 Å². The average molecular weight is 624 g/mol. The summed E-state index contributed by atoms with van der Waals surface area (Å²) in [7, 11) is 3.14. The van der Waals surface area contributed by atoms with Crippen LogP contribution in [0.1, 0.15) is 90.9 Å². The number of unbranched alkanes of at least 4 members (excludes halogenated alkanes) is 1. The SMILES string of the molecule is CCCCNC(=O)C(C)CC(O)C(CC(CNC(=O)c1cccc(OC)c1OCCCOC)C(C)C)NC(=O)OC(C)(C)C. The molecule has 11 nitrogen and oxygen atoms in total. The van der Waals surface area contributed by atoms with Gasteiger partial charge in [0, 0.05) is 39.1 Å². The number of aliphatic hydroxyl groups is 1. The fourth-order valence-electron chi connectivity index (χ4n) is 4.59. The molecular formula is C33H57N3O8. The van der Waals surface area contributed by atoms with Gasteiger partial charge < -0.3 is 40.0 Å². The van der Waals surface area contributed by atoms with Crippen LogP contribution in [0.2, 0.25) is 0 Å². The first-order valence-electron chi connectivity index (χ1n) is 15.8. The summed E-state index contributed by atoms with van der Waals surface area (Å²) in [5, 5.41) is 20.0. The lowest BCUT2D eigenvalue weighted by Gasteiger charge is -2.32. The second-order valence-electron chi connectivity index (χ2n) is 12.6. The molecule has 3 amide bonds. The molecule has 1 aromatic carbocycles. The van der Waals surface area contributed by atoms with E-state index in [1.807, 2.05) is 20.8 Å². The number of methoxy groups -OCH3 is 2. The molecule has 0 fully saturated rings. The maximum Gasteiger partial charge on any atom is 0.407 e. The molecule has 0 spiro atoms. The van der Waals surface area contributed by atoms with Gasteiger partial charge in [-0.25, -0.2) is 4.79 Å². The highest BCUT2D eigenvalue weighted by molar-refractivity contribution is 5.97. The van der Waals surface area contributed by atoms with Crippen LogP contribution in [0.25, 0.3) is 0 Å². The number of hydrogen-bond donors (Lipinski definition) is 4. The van der Waals surface area contributed by atoms with Crippen molar-refractivity contribution in [3.05, 3.63) is 23.8 Å². The molecule has 4 N–H and O–H groups in total. The lowest BCUT2D eigenvalue weighted by molar-refractivity contribution is -0.125. The number of alkyl carbamates (subject to hydrolysis) is 1. The van der Waals surface area contributed by atoms with Crippen molar-refractivity contribution in [1.82, 2.24) is 16.0 Å². The number of aliphatic hydroxyl groups excluding tert-OH is 1. The van der Waals surface area contributed by atoms with Crippen LogP contribution in [-0.2, 0) is 14.3 Å². The Bertz CT molecular complexity index is 1010. The first-order chi connectivity index (χ1) is 20.7. The van der Waals surface area contributed by atoms with Crippen LogP contribution in [0.5, 0.6) is 11.5 Å². The molecule has 4 atom stereocenters. The zero-order chi connectivity index (χ0) is 33.3. The number of nitrogens with one attached hydrogen (secondary N) is 3. The molecule has 1 aromatic rings. The predicted octanol–water partition coefficient (Wildman–Crippen LogP) is 4.70. The van der Waals surface area contributed by atoms with E-state index in [2.05, 4.69) is 16.0 Å². The van der Waals surface area contributed by atoms with Gasteiger partial charge in [0.25, 0.3) is 5.91 Å². The van der Waals surface area contributed by atoms with Crippen molar-refractivity contribution in [1.29, 1.82) is 0 Å². The van der Waals surface area contributed by atoms with Crippen LogP contribution in [-0.4, -0.2) is 81.3 Å². The Hall–Kier alpha value is -3.05. The van der Waals surface area contributed by atoms with Gasteiger partial charge in [-0.2, -0.15) is 0 Å². The molecule has 0 saturated heterocycles. The third-order valence-corrected chi connectivity index (χ3v) is 7.25. The molecule has 0 bridgehead atoms. The van der Waals surface area contributed by atoms with E-state index in [4.69, 9.17) is 18.9 Å². The van der Waals surface area contributed by atoms with E-state index in [9.17, 15) is 19.5 Å². The molecule has 0 aliphatic heterocycles. The highest BCUT2D eigenvalue weighted by atomic mass is 16.6. The molecule has 11 heteroatoms. The van der Waals surface area contributed by atoms with Crippen LogP contribution < -0.4 is 25.4 Å². The summed E-state index contributed by atoms with van der Waals surface area (Å²) in [6.45, 7) is 14.9. The summed E-state index contributed by atoms with van der Waals surface area (Å²) in [6, 6.07) is 4.43. The van der Waals surface area contributed by atoms with Gasteiger partial charge in [0.1, 0.15) is 5.60 Å². The molecule has 0 heterocycles. The largest absolute Gasteiger partial charge is 0.493 e. The highest BCUT2D eigenvalue weighted by Crippen LogP contribution is 2.31. The van der Waals surface area contributed by atoms with Crippen molar-refractivity contribution in [2.45, 2.75) is 98.3 Å². The second-order valence-corrected chi connectivity index (χ2v) is 12.6. The summed E-state index contributed by atoms with van der Waals surface area (Å²) in [5.74, 6) is -0.152. The van der Waals surface area contributed by atoms with Crippen LogP contribution in [0.3, 0.4) is 0 Å². The molecule has 0 aliphatic carbocycles. The summed E-state index contributed by atoms with van der Waals surface area (Å²) < 4.78 is 21.9. The van der Waals surface area contributed by atoms with Crippen LogP contribution in [0, 0.1) is 17.8 Å². The number of hydrogen-bond acceptors (Lipinski definition) is 8. The van der Waals surface area contributed by atoms with Crippen LogP contribution >= 0.6 is 0 Å². The number of para-hydroxylation sites is 1. The van der Waals surface area contributed by atoms with Gasteiger partial charge in [-0.3, -0.25) is 9.59 Å². The minimum atomic E-state index is -1.02. The molecule has 0 aromatic heterocycles. The van der Waals surface area contributed by atoms with E-state index in [0.717, 1.165) is 12.8 Å². The third kappa shape index (κ3) is 14.6. The van der Waals surface area contributed by atoms with Gasteiger partial charge in [0.05, 0.1) is 31.4 Å². The van der Waals surface area contributed by atoms with Crippen LogP contribution in [0.4, 0.5) is 4.79 Å². The number of carbonyl (C=O) groups excluding carboxylic acids is 3. The third-order valence-electron chi connectivity index (χ3n) is 7.25. The number of benzene rings is 1. The van der Waals surface area contributed by atoms with Gasteiger partial charge in [-0.1, -0.05) is 40.2 Å². The quantitative estimate of drug-likeness (QED) is 0.153. The van der Waals surface area contributed by atoms with Gasteiger partial charge >= 0.3 is 6.09 Å². The standard InChI is InChI=1S/C33H57N3O8/c1-10-11-16-34-30(38)23(4)19-27(37)26(36-32(40)44-33(5,6)7)20-24(22(2)3)21-35-31(39)25-14-12-15-28(42-9)29(25)43-18-13-17-41-8/h12,14-15,22-24,26-27,37H,10-11,13,16-21H2,1-9H3,(H,34,38)(H,35,39)(H,36,40).